The molecule has 0 unspecified atom stereocenters. The van der Waals surface area contributed by atoms with Crippen molar-refractivity contribution in [3.8, 4) is 11.5 Å². The van der Waals surface area contributed by atoms with Crippen molar-refractivity contribution in [3.05, 3.63) is 53.6 Å². The van der Waals surface area contributed by atoms with E-state index in [1.165, 1.54) is 0 Å². The molecule has 2 rings (SSSR count). The number of nitrogens with one attached hydrogen (secondary N) is 1. The maximum absolute atomic E-state index is 12.3. The van der Waals surface area contributed by atoms with E-state index in [-0.39, 0.29) is 17.4 Å². The van der Waals surface area contributed by atoms with Crippen LogP contribution >= 0.6 is 0 Å². The number of methoxy groups -OCH3 is 2. The zero-order valence-electron chi connectivity index (χ0n) is 14.0. The van der Waals surface area contributed by atoms with E-state index in [1.807, 2.05) is 25.1 Å². The highest BCUT2D eigenvalue weighted by Crippen LogP contribution is 2.21. The van der Waals surface area contributed by atoms with Gasteiger partial charge in [0.2, 0.25) is 5.91 Å². The average molecular weight is 347 g/mol. The molecule has 2 aromatic rings. The molecule has 0 heterocycles. The van der Waals surface area contributed by atoms with Crippen molar-refractivity contribution in [3.63, 3.8) is 0 Å². The second-order valence-electron chi connectivity index (χ2n) is 5.32. The molecule has 0 saturated carbocycles. The maximum atomic E-state index is 12.3. The summed E-state index contributed by atoms with van der Waals surface area (Å²) < 4.78 is 22.7. The van der Waals surface area contributed by atoms with Crippen LogP contribution in [0, 0.1) is 6.92 Å². The van der Waals surface area contributed by atoms with Gasteiger partial charge in [-0.3, -0.25) is 9.00 Å². The van der Waals surface area contributed by atoms with Gasteiger partial charge in [0.25, 0.3) is 0 Å². The van der Waals surface area contributed by atoms with Crippen LogP contribution in [-0.4, -0.2) is 30.1 Å². The lowest BCUT2D eigenvalue weighted by Gasteiger charge is -2.10. The number of hydrogen-bond donors (Lipinski definition) is 1. The van der Waals surface area contributed by atoms with Crippen molar-refractivity contribution >= 4 is 22.4 Å². The lowest BCUT2D eigenvalue weighted by Crippen LogP contribution is -2.20. The normalized spacial score (nSPS) is 11.6. The minimum absolute atomic E-state index is 0.0751. The lowest BCUT2D eigenvalue weighted by atomic mass is 10.1. The van der Waals surface area contributed by atoms with Gasteiger partial charge in [0, 0.05) is 28.1 Å². The van der Waals surface area contributed by atoms with Crippen LogP contribution in [0.5, 0.6) is 11.5 Å². The third-order valence-electron chi connectivity index (χ3n) is 3.40. The van der Waals surface area contributed by atoms with Gasteiger partial charge in [0.05, 0.1) is 20.0 Å². The zero-order chi connectivity index (χ0) is 17.5. The van der Waals surface area contributed by atoms with Gasteiger partial charge >= 0.3 is 0 Å². The fraction of sp³-hybridized carbons (Fsp3) is 0.278. The predicted molar refractivity (Wildman–Crippen MR) is 96.1 cm³/mol. The van der Waals surface area contributed by atoms with Crippen molar-refractivity contribution < 1.29 is 18.5 Å². The Morgan fingerprint density at radius 1 is 1.12 bits per heavy atom. The van der Waals surface area contributed by atoms with Gasteiger partial charge < -0.3 is 14.8 Å². The van der Waals surface area contributed by atoms with Crippen LogP contribution in [0.2, 0.25) is 0 Å². The standard InChI is InChI=1S/C18H21NO4S/c1-13-7-8-17(23-3)14(9-13)11-24(21)12-18(20)19-15-5-4-6-16(10-15)22-2/h4-10H,11-12H2,1-3H3,(H,19,20)/t24-/m1/s1. The largest absolute Gasteiger partial charge is 0.497 e. The Hall–Kier alpha value is -2.34. The van der Waals surface area contributed by atoms with E-state index < -0.39 is 10.8 Å². The van der Waals surface area contributed by atoms with E-state index in [2.05, 4.69) is 5.32 Å². The molecule has 1 amide bonds. The molecule has 0 saturated heterocycles. The van der Waals surface area contributed by atoms with Gasteiger partial charge in [-0.15, -0.1) is 0 Å². The molecular weight excluding hydrogens is 326 g/mol. The Morgan fingerprint density at radius 3 is 2.62 bits per heavy atom. The molecule has 0 aliphatic carbocycles. The molecule has 0 spiro atoms. The Kier molecular flexibility index (Phi) is 6.37. The van der Waals surface area contributed by atoms with Crippen LogP contribution in [0.15, 0.2) is 42.5 Å². The monoisotopic (exact) mass is 347 g/mol. The number of carbonyl (C=O) groups excluding carboxylic acids is 1. The van der Waals surface area contributed by atoms with E-state index in [1.54, 1.807) is 38.5 Å². The average Bonchev–Trinajstić information content (AvgIpc) is 2.55. The molecule has 1 N–H and O–H groups in total. The third-order valence-corrected chi connectivity index (χ3v) is 4.62. The molecule has 0 aromatic heterocycles. The van der Waals surface area contributed by atoms with Crippen LogP contribution < -0.4 is 14.8 Å². The first-order chi connectivity index (χ1) is 11.5. The summed E-state index contributed by atoms with van der Waals surface area (Å²) in [6.45, 7) is 1.96. The van der Waals surface area contributed by atoms with Gasteiger partial charge in [-0.1, -0.05) is 23.8 Å². The topological polar surface area (TPSA) is 64.6 Å². The molecule has 6 heteroatoms. The SMILES string of the molecule is COc1cccc(NC(=O)C[S@](=O)Cc2cc(C)ccc2OC)c1. The van der Waals surface area contributed by atoms with Gasteiger partial charge in [-0.25, -0.2) is 0 Å². The first-order valence-electron chi connectivity index (χ1n) is 7.44. The van der Waals surface area contributed by atoms with Crippen LogP contribution in [-0.2, 0) is 21.3 Å². The predicted octanol–water partition coefficient (Wildman–Crippen LogP) is 2.90. The molecule has 0 radical (unpaired) electrons. The quantitative estimate of drug-likeness (QED) is 0.836. The Balaban J connectivity index is 1.96. The molecule has 24 heavy (non-hydrogen) atoms. The van der Waals surface area contributed by atoms with Gasteiger partial charge in [-0.2, -0.15) is 0 Å². The summed E-state index contributed by atoms with van der Waals surface area (Å²) in [5.41, 5.74) is 2.51. The van der Waals surface area contributed by atoms with Crippen LogP contribution in [0.4, 0.5) is 5.69 Å². The Bertz CT molecular complexity index is 746. The van der Waals surface area contributed by atoms with Gasteiger partial charge in [0.1, 0.15) is 17.3 Å². The lowest BCUT2D eigenvalue weighted by molar-refractivity contribution is -0.113. The number of hydrogen-bond acceptors (Lipinski definition) is 4. The van der Waals surface area contributed by atoms with E-state index in [0.717, 1.165) is 11.1 Å². The van der Waals surface area contributed by atoms with Crippen LogP contribution in [0.1, 0.15) is 11.1 Å². The molecule has 0 bridgehead atoms. The summed E-state index contributed by atoms with van der Waals surface area (Å²) in [7, 11) is 1.81. The van der Waals surface area contributed by atoms with Crippen molar-refractivity contribution in [2.24, 2.45) is 0 Å². The molecule has 0 fully saturated rings. The fourth-order valence-corrected chi connectivity index (χ4v) is 3.33. The number of amides is 1. The van der Waals surface area contributed by atoms with E-state index >= 15 is 0 Å². The number of carbonyl (C=O) groups is 1. The van der Waals surface area contributed by atoms with Crippen molar-refractivity contribution in [1.82, 2.24) is 0 Å². The second kappa shape index (κ2) is 8.49. The molecule has 0 aliphatic rings. The van der Waals surface area contributed by atoms with Crippen LogP contribution in [0.3, 0.4) is 0 Å². The molecule has 1 atom stereocenters. The highest BCUT2D eigenvalue weighted by Gasteiger charge is 2.12. The number of anilines is 1. The fourth-order valence-electron chi connectivity index (χ4n) is 2.29. The Labute approximate surface area is 144 Å². The van der Waals surface area contributed by atoms with Gasteiger partial charge in [-0.05, 0) is 25.1 Å². The zero-order valence-corrected chi connectivity index (χ0v) is 14.8. The first kappa shape index (κ1) is 18.0. The number of benzene rings is 2. The summed E-state index contributed by atoms with van der Waals surface area (Å²) in [5.74, 6) is 1.24. The number of rotatable bonds is 7. The molecule has 5 nitrogen and oxygen atoms in total. The van der Waals surface area contributed by atoms with Gasteiger partial charge in [0.15, 0.2) is 0 Å². The first-order valence-corrected chi connectivity index (χ1v) is 8.93. The molecule has 128 valence electrons. The summed E-state index contributed by atoms with van der Waals surface area (Å²) >= 11 is 0. The minimum Gasteiger partial charge on any atom is -0.497 e. The van der Waals surface area contributed by atoms with E-state index in [9.17, 15) is 9.00 Å². The smallest absolute Gasteiger partial charge is 0.237 e. The molecular formula is C18H21NO4S. The summed E-state index contributed by atoms with van der Waals surface area (Å²) in [6, 6.07) is 12.7. The van der Waals surface area contributed by atoms with E-state index in [0.29, 0.717) is 17.2 Å². The summed E-state index contributed by atoms with van der Waals surface area (Å²) in [4.78, 5) is 12.1. The number of aryl methyl sites for hydroxylation is 1. The number of ether oxygens (including phenoxy) is 2. The summed E-state index contributed by atoms with van der Waals surface area (Å²) in [5, 5.41) is 2.73. The van der Waals surface area contributed by atoms with Crippen LogP contribution in [0.25, 0.3) is 0 Å². The van der Waals surface area contributed by atoms with Crippen molar-refractivity contribution in [2.45, 2.75) is 12.7 Å². The molecule has 0 aliphatic heterocycles. The van der Waals surface area contributed by atoms with E-state index in [4.69, 9.17) is 9.47 Å². The highest BCUT2D eigenvalue weighted by atomic mass is 32.2. The third kappa shape index (κ3) is 5.09. The Morgan fingerprint density at radius 2 is 1.92 bits per heavy atom. The van der Waals surface area contributed by atoms with Crippen molar-refractivity contribution in [1.29, 1.82) is 0 Å². The minimum atomic E-state index is -1.33. The van der Waals surface area contributed by atoms with Crippen molar-refractivity contribution in [2.75, 3.05) is 25.3 Å². The highest BCUT2D eigenvalue weighted by molar-refractivity contribution is 7.85. The summed E-state index contributed by atoms with van der Waals surface area (Å²) in [6.07, 6.45) is 0. The second-order valence-corrected chi connectivity index (χ2v) is 6.78. The maximum Gasteiger partial charge on any atom is 0.237 e. The molecule has 2 aromatic carbocycles.